The van der Waals surface area contributed by atoms with Crippen LogP contribution in [0.25, 0.3) is 22.8 Å². The van der Waals surface area contributed by atoms with E-state index in [9.17, 15) is 0 Å². The monoisotopic (exact) mass is 1200 g/mol. The van der Waals surface area contributed by atoms with Crippen molar-refractivity contribution in [1.29, 1.82) is 0 Å². The maximum atomic E-state index is 5.84. The number of ether oxygens (including phenoxy) is 21. The first-order valence-corrected chi connectivity index (χ1v) is 29.7. The van der Waals surface area contributed by atoms with E-state index in [-0.39, 0.29) is 0 Å². The topological polar surface area (TPSA) is 232 Å². The van der Waals surface area contributed by atoms with Gasteiger partial charge in [0.25, 0.3) is 0 Å². The molecular formula is C60H101N3O21. The summed E-state index contributed by atoms with van der Waals surface area (Å²) in [5.74, 6) is 0. The highest BCUT2D eigenvalue weighted by atomic mass is 16.6. The number of pyridine rings is 3. The molecular weight excluding hydrogens is 1100 g/mol. The van der Waals surface area contributed by atoms with E-state index < -0.39 is 0 Å². The number of unbranched alkanes of at least 4 members (excludes halogenated alkanes) is 1. The first-order chi connectivity index (χ1) is 41.9. The van der Waals surface area contributed by atoms with Crippen LogP contribution in [0, 0.1) is 0 Å². The molecule has 84 heavy (non-hydrogen) atoms. The fraction of sp³-hybridized carbons (Fsp3) is 0.750. The van der Waals surface area contributed by atoms with Gasteiger partial charge in [0.15, 0.2) is 0 Å². The van der Waals surface area contributed by atoms with Gasteiger partial charge in [-0.05, 0) is 61.2 Å². The highest BCUT2D eigenvalue weighted by Gasteiger charge is 2.10. The van der Waals surface area contributed by atoms with Gasteiger partial charge in [-0.3, -0.25) is 9.97 Å². The van der Waals surface area contributed by atoms with E-state index >= 15 is 0 Å². The van der Waals surface area contributed by atoms with E-state index in [2.05, 4.69) is 22.1 Å². The highest BCUT2D eigenvalue weighted by molar-refractivity contribution is 5.63. The lowest BCUT2D eigenvalue weighted by atomic mass is 10.1. The molecule has 24 heteroatoms. The second kappa shape index (κ2) is 61.3. The molecule has 0 atom stereocenters. The molecule has 0 saturated carbocycles. The summed E-state index contributed by atoms with van der Waals surface area (Å²) < 4.78 is 116. The molecule has 0 amide bonds. The average Bonchev–Trinajstić information content (AvgIpc) is 3.64. The molecule has 0 spiro atoms. The third-order valence-corrected chi connectivity index (χ3v) is 11.2. The van der Waals surface area contributed by atoms with Gasteiger partial charge in [-0.15, -0.1) is 0 Å². The van der Waals surface area contributed by atoms with E-state index in [4.69, 9.17) is 104 Å². The molecule has 0 aliphatic rings. The molecule has 0 bridgehead atoms. The number of methoxy groups -OCH3 is 1. The number of nitrogens with zero attached hydrogens (tertiary/aromatic N) is 3. The summed E-state index contributed by atoms with van der Waals surface area (Å²) in [6.07, 6.45) is 6.28. The minimum absolute atomic E-state index is 0.485. The van der Waals surface area contributed by atoms with Gasteiger partial charge in [-0.2, -0.15) is 0 Å². The van der Waals surface area contributed by atoms with Crippen molar-refractivity contribution in [2.45, 2.75) is 19.3 Å². The fourth-order valence-corrected chi connectivity index (χ4v) is 6.94. The van der Waals surface area contributed by atoms with Gasteiger partial charge < -0.3 is 99.5 Å². The maximum absolute atomic E-state index is 5.84. The van der Waals surface area contributed by atoms with Gasteiger partial charge in [0.2, 0.25) is 0 Å². The molecule has 0 radical (unpaired) electrons. The Balaban J connectivity index is 0.884. The molecule has 482 valence electrons. The highest BCUT2D eigenvalue weighted by Crippen LogP contribution is 2.23. The molecule has 3 heterocycles. The Kier molecular flexibility index (Phi) is 54.6. The van der Waals surface area contributed by atoms with Crippen molar-refractivity contribution in [2.24, 2.45) is 0 Å². The van der Waals surface area contributed by atoms with Crippen LogP contribution in [0.2, 0.25) is 0 Å². The van der Waals surface area contributed by atoms with E-state index in [1.54, 1.807) is 19.5 Å². The molecule has 0 saturated heterocycles. The van der Waals surface area contributed by atoms with Crippen LogP contribution in [0.4, 0.5) is 0 Å². The molecule has 0 N–H and O–H groups in total. The Morgan fingerprint density at radius 1 is 0.238 bits per heavy atom. The molecule has 0 aromatic carbocycles. The van der Waals surface area contributed by atoms with Gasteiger partial charge in [-0.1, -0.05) is 12.1 Å². The van der Waals surface area contributed by atoms with Crippen molar-refractivity contribution in [3.05, 3.63) is 66.5 Å². The Bertz CT molecular complexity index is 1730. The zero-order valence-corrected chi connectivity index (χ0v) is 50.3. The first-order valence-electron chi connectivity index (χ1n) is 29.7. The van der Waals surface area contributed by atoms with Gasteiger partial charge in [-0.25, -0.2) is 4.98 Å². The Labute approximate surface area is 499 Å². The summed E-state index contributed by atoms with van der Waals surface area (Å²) in [7, 11) is 1.71. The molecule has 0 fully saturated rings. The lowest BCUT2D eigenvalue weighted by Crippen LogP contribution is -2.16. The first kappa shape index (κ1) is 74.9. The van der Waals surface area contributed by atoms with Crippen LogP contribution >= 0.6 is 0 Å². The second-order valence-electron chi connectivity index (χ2n) is 17.9. The van der Waals surface area contributed by atoms with Crippen molar-refractivity contribution < 1.29 is 99.5 Å². The molecule has 3 aromatic heterocycles. The molecule has 0 aliphatic carbocycles. The van der Waals surface area contributed by atoms with E-state index in [0.717, 1.165) is 60.8 Å². The lowest BCUT2D eigenvalue weighted by Gasteiger charge is -2.10. The number of hydrogen-bond acceptors (Lipinski definition) is 24. The zero-order valence-electron chi connectivity index (χ0n) is 50.3. The van der Waals surface area contributed by atoms with E-state index in [0.29, 0.717) is 258 Å². The predicted octanol–water partition coefficient (Wildman–Crippen LogP) is 4.51. The number of aromatic nitrogens is 3. The van der Waals surface area contributed by atoms with Crippen LogP contribution in [0.15, 0.2) is 60.9 Å². The van der Waals surface area contributed by atoms with Crippen LogP contribution in [-0.2, 0) is 106 Å². The smallest absolute Gasteiger partial charge is 0.0897 e. The van der Waals surface area contributed by atoms with Crippen LogP contribution in [0.3, 0.4) is 0 Å². The van der Waals surface area contributed by atoms with Gasteiger partial charge in [0.05, 0.1) is 280 Å². The van der Waals surface area contributed by atoms with E-state index in [1.165, 1.54) is 0 Å². The van der Waals surface area contributed by atoms with Crippen molar-refractivity contribution in [1.82, 2.24) is 15.0 Å². The van der Waals surface area contributed by atoms with Crippen molar-refractivity contribution >= 4 is 0 Å². The molecule has 0 unspecified atom stereocenters. The summed E-state index contributed by atoms with van der Waals surface area (Å²) in [6.45, 7) is 21.0. The van der Waals surface area contributed by atoms with Gasteiger partial charge in [0, 0.05) is 32.7 Å². The third-order valence-electron chi connectivity index (χ3n) is 11.2. The molecule has 24 nitrogen and oxygen atoms in total. The maximum Gasteiger partial charge on any atom is 0.0897 e. The summed E-state index contributed by atoms with van der Waals surface area (Å²) in [6, 6.07) is 15.7. The van der Waals surface area contributed by atoms with Crippen LogP contribution < -0.4 is 0 Å². The predicted molar refractivity (Wildman–Crippen MR) is 312 cm³/mol. The minimum atomic E-state index is 0.485. The summed E-state index contributed by atoms with van der Waals surface area (Å²) in [4.78, 5) is 13.8. The quantitative estimate of drug-likeness (QED) is 0.0708. The minimum Gasteiger partial charge on any atom is -0.385 e. The summed E-state index contributed by atoms with van der Waals surface area (Å²) >= 11 is 0. The second-order valence-corrected chi connectivity index (χ2v) is 17.9. The molecule has 3 rings (SSSR count). The average molecular weight is 1200 g/mol. The van der Waals surface area contributed by atoms with Crippen LogP contribution in [0.1, 0.15) is 18.4 Å². The SMILES string of the molecule is COCCCCOCCOCCOCCOCCOCCOCCOCCOCCOCCOCCOCCOCCOCCOCCOCCOCCOCCOCCOCCOCCc1cc(-c2ccccn2)nc(-c2ccccn2)c1. The Morgan fingerprint density at radius 2 is 0.452 bits per heavy atom. The Hall–Kier alpha value is -3.39. The van der Waals surface area contributed by atoms with Crippen molar-refractivity contribution in [3.63, 3.8) is 0 Å². The van der Waals surface area contributed by atoms with Gasteiger partial charge >= 0.3 is 0 Å². The number of rotatable bonds is 67. The molecule has 3 aromatic rings. The largest absolute Gasteiger partial charge is 0.385 e. The fourth-order valence-electron chi connectivity index (χ4n) is 6.94. The van der Waals surface area contributed by atoms with Crippen LogP contribution in [0.5, 0.6) is 0 Å². The summed E-state index contributed by atoms with van der Waals surface area (Å²) in [5.41, 5.74) is 4.36. The number of hydrogen-bond donors (Lipinski definition) is 0. The zero-order chi connectivity index (χ0) is 59.0. The van der Waals surface area contributed by atoms with Crippen molar-refractivity contribution in [3.8, 4) is 22.8 Å². The van der Waals surface area contributed by atoms with Gasteiger partial charge in [0.1, 0.15) is 0 Å². The summed E-state index contributed by atoms with van der Waals surface area (Å²) in [5, 5.41) is 0. The normalized spacial score (nSPS) is 11.6. The van der Waals surface area contributed by atoms with Crippen molar-refractivity contribution in [2.75, 3.05) is 278 Å². The Morgan fingerprint density at radius 3 is 0.667 bits per heavy atom. The van der Waals surface area contributed by atoms with E-state index in [1.807, 2.05) is 36.4 Å². The van der Waals surface area contributed by atoms with Crippen LogP contribution in [-0.4, -0.2) is 293 Å². The molecule has 0 aliphatic heterocycles. The lowest BCUT2D eigenvalue weighted by molar-refractivity contribution is -0.0314. The third kappa shape index (κ3) is 48.7. The standard InChI is InChI=1S/C60H101N3O21/c1-64-13-6-7-14-65-16-18-67-20-22-69-24-26-71-28-30-73-32-34-75-36-38-77-40-42-79-44-46-81-48-50-83-52-53-84-51-49-82-47-45-80-43-41-78-39-37-76-35-33-74-31-29-72-27-25-70-23-21-68-19-17-66-15-10-56-54-59(57-8-2-4-11-61-57)63-60(55-56)58-9-3-5-12-62-58/h2-5,8-9,11-12,54-55H,6-7,10,13-53H2,1H3.